The van der Waals surface area contributed by atoms with Gasteiger partial charge in [0.25, 0.3) is 0 Å². The summed E-state index contributed by atoms with van der Waals surface area (Å²) in [5, 5.41) is 3.31. The van der Waals surface area contributed by atoms with Gasteiger partial charge in [0.1, 0.15) is 12.6 Å². The molecular weight excluding hydrogens is 485 g/mol. The largest absolute Gasteiger partial charge is 0.352 e. The molecule has 33 heavy (non-hydrogen) atoms. The minimum Gasteiger partial charge on any atom is -0.352 e. The zero-order valence-electron chi connectivity index (χ0n) is 19.1. The third-order valence-corrected chi connectivity index (χ3v) is 6.89. The molecule has 0 saturated carbocycles. The van der Waals surface area contributed by atoms with E-state index in [4.69, 9.17) is 23.2 Å². The molecule has 10 heteroatoms. The molecule has 2 aromatic carbocycles. The van der Waals surface area contributed by atoms with Crippen LogP contribution in [0.3, 0.4) is 0 Å². The van der Waals surface area contributed by atoms with Crippen LogP contribution < -0.4 is 9.62 Å². The summed E-state index contributed by atoms with van der Waals surface area (Å²) in [5.41, 5.74) is 0.942. The Balaban J connectivity index is 2.39. The molecule has 180 valence electrons. The Kier molecular flexibility index (Phi) is 9.57. The van der Waals surface area contributed by atoms with Gasteiger partial charge in [-0.15, -0.1) is 0 Å². The van der Waals surface area contributed by atoms with Crippen LogP contribution in [-0.2, 0) is 26.2 Å². The van der Waals surface area contributed by atoms with Crippen molar-refractivity contribution in [3.05, 3.63) is 64.1 Å². The molecule has 2 aromatic rings. The van der Waals surface area contributed by atoms with Crippen LogP contribution in [-0.4, -0.2) is 50.0 Å². The van der Waals surface area contributed by atoms with E-state index < -0.39 is 28.5 Å². The molecule has 2 rings (SSSR count). The summed E-state index contributed by atoms with van der Waals surface area (Å²) in [6.07, 6.45) is 1.73. The van der Waals surface area contributed by atoms with E-state index in [-0.39, 0.29) is 29.2 Å². The van der Waals surface area contributed by atoms with Crippen LogP contribution in [0.2, 0.25) is 10.0 Å². The second-order valence-electron chi connectivity index (χ2n) is 7.87. The highest BCUT2D eigenvalue weighted by Gasteiger charge is 2.31. The van der Waals surface area contributed by atoms with Crippen LogP contribution in [0.25, 0.3) is 0 Å². The van der Waals surface area contributed by atoms with Gasteiger partial charge in [0.05, 0.1) is 17.0 Å². The number of amides is 2. The Labute approximate surface area is 205 Å². The molecule has 0 bridgehead atoms. The van der Waals surface area contributed by atoms with Crippen molar-refractivity contribution in [2.75, 3.05) is 17.1 Å². The van der Waals surface area contributed by atoms with Crippen molar-refractivity contribution in [3.8, 4) is 0 Å². The predicted octanol–water partition coefficient (Wildman–Crippen LogP) is 4.09. The number of sulfonamides is 1. The first-order chi connectivity index (χ1) is 15.4. The van der Waals surface area contributed by atoms with Gasteiger partial charge in [0, 0.05) is 17.6 Å². The van der Waals surface area contributed by atoms with Gasteiger partial charge in [-0.25, -0.2) is 8.42 Å². The summed E-state index contributed by atoms with van der Waals surface area (Å²) < 4.78 is 26.0. The molecule has 0 spiro atoms. The molecule has 2 amide bonds. The molecule has 0 radical (unpaired) electrons. The molecule has 0 heterocycles. The number of nitrogens with zero attached hydrogens (tertiary/aromatic N) is 2. The SMILES string of the molecule is CC[C@@H](C)NC(=O)[C@@H](C)N(Cc1ccccc1)C(=O)CN(c1ccc(Cl)cc1Cl)S(C)(=O)=O. The Hall–Kier alpha value is -2.29. The van der Waals surface area contributed by atoms with Crippen LogP contribution in [0.4, 0.5) is 5.69 Å². The second kappa shape index (κ2) is 11.7. The molecule has 2 atom stereocenters. The molecule has 0 aliphatic heterocycles. The summed E-state index contributed by atoms with van der Waals surface area (Å²) in [6.45, 7) is 5.07. The van der Waals surface area contributed by atoms with Crippen molar-refractivity contribution in [1.82, 2.24) is 10.2 Å². The van der Waals surface area contributed by atoms with E-state index in [2.05, 4.69) is 5.32 Å². The zero-order valence-corrected chi connectivity index (χ0v) is 21.4. The number of rotatable bonds is 10. The summed E-state index contributed by atoms with van der Waals surface area (Å²) in [7, 11) is -3.87. The molecule has 7 nitrogen and oxygen atoms in total. The molecular formula is C23H29Cl2N3O4S. The van der Waals surface area contributed by atoms with Crippen molar-refractivity contribution >= 4 is 50.7 Å². The minimum absolute atomic E-state index is 0.0611. The van der Waals surface area contributed by atoms with Gasteiger partial charge in [-0.05, 0) is 44.0 Å². The van der Waals surface area contributed by atoms with E-state index in [1.54, 1.807) is 6.92 Å². The molecule has 1 N–H and O–H groups in total. The Morgan fingerprint density at radius 2 is 1.70 bits per heavy atom. The highest BCUT2D eigenvalue weighted by atomic mass is 35.5. The lowest BCUT2D eigenvalue weighted by Gasteiger charge is -2.32. The first kappa shape index (κ1) is 27.0. The highest BCUT2D eigenvalue weighted by molar-refractivity contribution is 7.92. The monoisotopic (exact) mass is 513 g/mol. The first-order valence-electron chi connectivity index (χ1n) is 10.5. The lowest BCUT2D eigenvalue weighted by atomic mass is 10.1. The number of hydrogen-bond donors (Lipinski definition) is 1. The maximum atomic E-state index is 13.4. The van der Waals surface area contributed by atoms with Gasteiger partial charge in [-0.3, -0.25) is 13.9 Å². The van der Waals surface area contributed by atoms with E-state index in [1.807, 2.05) is 44.2 Å². The third-order valence-electron chi connectivity index (χ3n) is 5.22. The highest BCUT2D eigenvalue weighted by Crippen LogP contribution is 2.30. The first-order valence-corrected chi connectivity index (χ1v) is 13.1. The number of anilines is 1. The maximum Gasteiger partial charge on any atom is 0.244 e. The zero-order chi connectivity index (χ0) is 24.8. The minimum atomic E-state index is -3.87. The summed E-state index contributed by atoms with van der Waals surface area (Å²) >= 11 is 12.2. The lowest BCUT2D eigenvalue weighted by Crippen LogP contribution is -2.52. The number of carbonyl (C=O) groups is 2. The van der Waals surface area contributed by atoms with Gasteiger partial charge < -0.3 is 10.2 Å². The Morgan fingerprint density at radius 3 is 2.24 bits per heavy atom. The molecule has 0 aliphatic carbocycles. The molecule has 0 saturated heterocycles. The van der Waals surface area contributed by atoms with Crippen LogP contribution >= 0.6 is 23.2 Å². The van der Waals surface area contributed by atoms with E-state index in [9.17, 15) is 18.0 Å². The van der Waals surface area contributed by atoms with E-state index >= 15 is 0 Å². The number of carbonyl (C=O) groups excluding carboxylic acids is 2. The fraction of sp³-hybridized carbons (Fsp3) is 0.391. The Morgan fingerprint density at radius 1 is 1.06 bits per heavy atom. The van der Waals surface area contributed by atoms with Crippen molar-refractivity contribution < 1.29 is 18.0 Å². The van der Waals surface area contributed by atoms with Gasteiger partial charge in [0.15, 0.2) is 0 Å². The fourth-order valence-electron chi connectivity index (χ4n) is 3.11. The summed E-state index contributed by atoms with van der Waals surface area (Å²) in [6, 6.07) is 12.6. The van der Waals surface area contributed by atoms with E-state index in [1.165, 1.54) is 23.1 Å². The molecule has 0 unspecified atom stereocenters. The van der Waals surface area contributed by atoms with E-state index in [0.717, 1.165) is 22.5 Å². The smallest absolute Gasteiger partial charge is 0.244 e. The molecule has 0 fully saturated rings. The predicted molar refractivity (Wildman–Crippen MR) is 133 cm³/mol. The van der Waals surface area contributed by atoms with Gasteiger partial charge in [-0.1, -0.05) is 60.5 Å². The molecule has 0 aliphatic rings. The van der Waals surface area contributed by atoms with Crippen LogP contribution in [0, 0.1) is 0 Å². The second-order valence-corrected chi connectivity index (χ2v) is 10.6. The fourth-order valence-corrected chi connectivity index (χ4v) is 4.53. The summed E-state index contributed by atoms with van der Waals surface area (Å²) in [4.78, 5) is 27.6. The number of nitrogens with one attached hydrogen (secondary N) is 1. The van der Waals surface area contributed by atoms with Crippen molar-refractivity contribution in [2.24, 2.45) is 0 Å². The maximum absolute atomic E-state index is 13.4. The summed E-state index contributed by atoms with van der Waals surface area (Å²) in [5.74, 6) is -0.855. The van der Waals surface area contributed by atoms with E-state index in [0.29, 0.717) is 5.02 Å². The van der Waals surface area contributed by atoms with Gasteiger partial charge >= 0.3 is 0 Å². The average Bonchev–Trinajstić information content (AvgIpc) is 2.75. The van der Waals surface area contributed by atoms with Crippen LogP contribution in [0.1, 0.15) is 32.8 Å². The topological polar surface area (TPSA) is 86.8 Å². The van der Waals surface area contributed by atoms with Crippen LogP contribution in [0.15, 0.2) is 48.5 Å². The van der Waals surface area contributed by atoms with Crippen molar-refractivity contribution in [2.45, 2.75) is 45.8 Å². The average molecular weight is 514 g/mol. The lowest BCUT2D eigenvalue weighted by molar-refractivity contribution is -0.139. The quantitative estimate of drug-likeness (QED) is 0.518. The Bertz CT molecular complexity index is 1080. The van der Waals surface area contributed by atoms with Gasteiger partial charge in [-0.2, -0.15) is 0 Å². The standard InChI is InChI=1S/C23H29Cl2N3O4S/c1-5-16(2)26-23(30)17(3)27(14-18-9-7-6-8-10-18)22(29)15-28(33(4,31)32)21-12-11-19(24)13-20(21)25/h6-13,16-17H,5,14-15H2,1-4H3,(H,26,30)/t16-,17-/m1/s1. The number of benzene rings is 2. The van der Waals surface area contributed by atoms with Crippen LogP contribution in [0.5, 0.6) is 0 Å². The van der Waals surface area contributed by atoms with Gasteiger partial charge in [0.2, 0.25) is 21.8 Å². The van der Waals surface area contributed by atoms with Crippen molar-refractivity contribution in [1.29, 1.82) is 0 Å². The number of hydrogen-bond acceptors (Lipinski definition) is 4. The number of halogens is 2. The van der Waals surface area contributed by atoms with Crippen molar-refractivity contribution in [3.63, 3.8) is 0 Å². The molecule has 0 aromatic heterocycles. The third kappa shape index (κ3) is 7.62. The normalized spacial score (nSPS) is 13.2.